The Morgan fingerprint density at radius 3 is 2.09 bits per heavy atom. The Kier molecular flexibility index (Phi) is 2.62. The molecule has 0 atom stereocenters. The van der Waals surface area contributed by atoms with Gasteiger partial charge in [-0.25, -0.2) is 24.3 Å². The Morgan fingerprint density at radius 1 is 0.864 bits per heavy atom. The monoisotopic (exact) mass is 334 g/mol. The van der Waals surface area contributed by atoms with E-state index in [1.807, 2.05) is 0 Å². The summed E-state index contributed by atoms with van der Waals surface area (Å²) in [6, 6.07) is 0. The van der Waals surface area contributed by atoms with Crippen LogP contribution in [0.25, 0.3) is 22.3 Å². The van der Waals surface area contributed by atoms with Crippen LogP contribution in [0.15, 0.2) is 17.7 Å². The van der Waals surface area contributed by atoms with Crippen molar-refractivity contribution in [2.24, 2.45) is 0 Å². The first-order valence-corrected chi connectivity index (χ1v) is 6.73. The van der Waals surface area contributed by atoms with Crippen LogP contribution in [-0.2, 0) is 0 Å². The Hall–Kier alpha value is -2.66. The van der Waals surface area contributed by atoms with Crippen LogP contribution < -0.4 is 11.5 Å². The van der Waals surface area contributed by atoms with Gasteiger partial charge < -0.3 is 11.5 Å². The maximum atomic E-state index is 6.02. The highest BCUT2D eigenvalue weighted by atomic mass is 35.5. The minimum Gasteiger partial charge on any atom is -0.368 e. The molecule has 0 radical (unpaired) electrons. The lowest BCUT2D eigenvalue weighted by molar-refractivity contribution is 0.688. The van der Waals surface area contributed by atoms with Crippen molar-refractivity contribution >= 4 is 58.5 Å². The van der Waals surface area contributed by atoms with Crippen LogP contribution in [0.3, 0.4) is 0 Å². The molecule has 4 N–H and O–H groups in total. The molecule has 0 saturated carbocycles. The van der Waals surface area contributed by atoms with Gasteiger partial charge in [0, 0.05) is 0 Å². The summed E-state index contributed by atoms with van der Waals surface area (Å²) in [4.78, 5) is 24.5. The number of nitrogens with two attached hydrogens (primary N) is 2. The molecule has 12 heteroatoms. The van der Waals surface area contributed by atoms with Crippen molar-refractivity contribution in [2.75, 3.05) is 11.5 Å². The molecule has 10 nitrogen and oxygen atoms in total. The lowest BCUT2D eigenvalue weighted by atomic mass is 10.5. The minimum atomic E-state index is 0.0349. The maximum Gasteiger partial charge on any atom is 0.223 e. The molecule has 0 aromatic carbocycles. The molecule has 0 bridgehead atoms. The number of halogens is 1. The van der Waals surface area contributed by atoms with Crippen LogP contribution in [-0.4, -0.2) is 39.3 Å². The Balaban J connectivity index is 2.08. The minimum absolute atomic E-state index is 0.0349. The first kappa shape index (κ1) is 13.0. The number of nitrogen functional groups attached to an aromatic ring is 2. The Labute approximate surface area is 132 Å². The van der Waals surface area contributed by atoms with Gasteiger partial charge in [-0.3, -0.25) is 0 Å². The molecule has 4 aromatic rings. The van der Waals surface area contributed by atoms with Crippen molar-refractivity contribution in [3.63, 3.8) is 0 Å². The topological polar surface area (TPSA) is 139 Å². The highest BCUT2D eigenvalue weighted by Gasteiger charge is 2.16. The fourth-order valence-electron chi connectivity index (χ4n) is 2.08. The summed E-state index contributed by atoms with van der Waals surface area (Å²) < 4.78 is 3.17. The van der Waals surface area contributed by atoms with Crippen molar-refractivity contribution < 1.29 is 0 Å². The van der Waals surface area contributed by atoms with E-state index in [0.29, 0.717) is 27.4 Å². The molecular weight excluding hydrogens is 328 g/mol. The summed E-state index contributed by atoms with van der Waals surface area (Å²) in [6.07, 6.45) is 3.02. The summed E-state index contributed by atoms with van der Waals surface area (Å²) in [5.74, 6) is 0.114. The molecule has 0 spiro atoms. The molecular formula is C10H7ClN10S. The van der Waals surface area contributed by atoms with Crippen molar-refractivity contribution in [3.05, 3.63) is 17.8 Å². The fraction of sp³-hybridized carbons (Fsp3) is 0. The smallest absolute Gasteiger partial charge is 0.223 e. The van der Waals surface area contributed by atoms with Crippen molar-refractivity contribution in [1.82, 2.24) is 39.3 Å². The van der Waals surface area contributed by atoms with E-state index < -0.39 is 0 Å². The molecule has 4 aromatic heterocycles. The third-order valence-electron chi connectivity index (χ3n) is 2.96. The normalized spacial score (nSPS) is 11.5. The van der Waals surface area contributed by atoms with Gasteiger partial charge in [0.05, 0.1) is 0 Å². The predicted molar refractivity (Wildman–Crippen MR) is 82.5 cm³/mol. The third-order valence-corrected chi connectivity index (χ3v) is 3.54. The molecule has 0 unspecified atom stereocenters. The van der Waals surface area contributed by atoms with Crippen LogP contribution >= 0.6 is 24.2 Å². The number of hydrogen-bond acceptors (Lipinski definition) is 9. The average Bonchev–Trinajstić information content (AvgIpc) is 3.02. The highest BCUT2D eigenvalue weighted by molar-refractivity contribution is 7.80. The summed E-state index contributed by atoms with van der Waals surface area (Å²) >= 11 is 10.3. The lowest BCUT2D eigenvalue weighted by Crippen LogP contribution is -2.10. The van der Waals surface area contributed by atoms with Gasteiger partial charge in [0.2, 0.25) is 11.9 Å². The van der Waals surface area contributed by atoms with E-state index in [0.717, 1.165) is 0 Å². The zero-order valence-electron chi connectivity index (χ0n) is 10.7. The largest absolute Gasteiger partial charge is 0.368 e. The van der Waals surface area contributed by atoms with Crippen molar-refractivity contribution in [3.8, 4) is 0 Å². The first-order chi connectivity index (χ1) is 10.5. The maximum absolute atomic E-state index is 6.02. The van der Waals surface area contributed by atoms with E-state index >= 15 is 0 Å². The van der Waals surface area contributed by atoms with Gasteiger partial charge in [0.25, 0.3) is 0 Å². The van der Waals surface area contributed by atoms with Gasteiger partial charge in [-0.15, -0.1) is 12.6 Å². The van der Waals surface area contributed by atoms with Crippen LogP contribution in [0.4, 0.5) is 11.9 Å². The molecule has 0 saturated heterocycles. The molecule has 110 valence electrons. The second kappa shape index (κ2) is 4.42. The van der Waals surface area contributed by atoms with Gasteiger partial charge in [-0.05, 0) is 0 Å². The third kappa shape index (κ3) is 1.76. The summed E-state index contributed by atoms with van der Waals surface area (Å²) in [6.45, 7) is 0. The zero-order valence-corrected chi connectivity index (χ0v) is 12.4. The number of aromatic nitrogens is 8. The van der Waals surface area contributed by atoms with E-state index in [4.69, 9.17) is 23.1 Å². The van der Waals surface area contributed by atoms with Crippen LogP contribution in [0, 0.1) is 0 Å². The molecule has 4 heterocycles. The van der Waals surface area contributed by atoms with E-state index in [-0.39, 0.29) is 17.0 Å². The number of anilines is 2. The molecule has 0 aliphatic rings. The van der Waals surface area contributed by atoms with Gasteiger partial charge in [0.1, 0.15) is 28.7 Å². The number of nitrogens with zero attached hydrogens (tertiary/aromatic N) is 8. The quantitative estimate of drug-likeness (QED) is 0.335. The van der Waals surface area contributed by atoms with Gasteiger partial charge in [0.15, 0.2) is 16.4 Å². The zero-order chi connectivity index (χ0) is 15.4. The van der Waals surface area contributed by atoms with Gasteiger partial charge in [-0.1, -0.05) is 11.6 Å². The van der Waals surface area contributed by atoms with E-state index in [9.17, 15) is 0 Å². The number of fused-ring (bicyclic) bond motifs is 2. The average molecular weight is 335 g/mol. The first-order valence-electron chi connectivity index (χ1n) is 5.91. The van der Waals surface area contributed by atoms with E-state index in [1.165, 1.54) is 12.7 Å². The van der Waals surface area contributed by atoms with Crippen LogP contribution in [0.1, 0.15) is 0 Å². The molecule has 0 amide bonds. The Bertz CT molecular complexity index is 953. The predicted octanol–water partition coefficient (Wildman–Crippen LogP) is 0.384. The van der Waals surface area contributed by atoms with Crippen molar-refractivity contribution in [2.45, 2.75) is 5.03 Å². The number of imidazole rings is 2. The van der Waals surface area contributed by atoms with Gasteiger partial charge >= 0.3 is 0 Å². The summed E-state index contributed by atoms with van der Waals surface area (Å²) in [7, 11) is 0. The number of rotatable bonds is 1. The second-order valence-electron chi connectivity index (χ2n) is 4.30. The second-order valence-corrected chi connectivity index (χ2v) is 5.08. The highest BCUT2D eigenvalue weighted by Crippen LogP contribution is 2.22. The molecule has 22 heavy (non-hydrogen) atoms. The fourth-order valence-corrected chi connectivity index (χ4v) is 2.56. The lowest BCUT2D eigenvalue weighted by Gasteiger charge is -2.06. The molecule has 4 rings (SSSR count). The van der Waals surface area contributed by atoms with E-state index in [2.05, 4.69) is 42.5 Å². The number of thiol groups is 1. The molecule has 0 fully saturated rings. The van der Waals surface area contributed by atoms with Crippen LogP contribution in [0.5, 0.6) is 0 Å². The Morgan fingerprint density at radius 2 is 1.41 bits per heavy atom. The SMILES string of the molecule is Nc1nc(S)c2ncn(-n3cnc4c(Cl)nc(N)nc43)c2n1. The molecule has 0 aliphatic heterocycles. The van der Waals surface area contributed by atoms with E-state index in [1.54, 1.807) is 9.35 Å². The molecule has 0 aliphatic carbocycles. The number of hydrogen-bond donors (Lipinski definition) is 3. The van der Waals surface area contributed by atoms with Crippen molar-refractivity contribution in [1.29, 1.82) is 0 Å². The standard InChI is InChI=1S/C10H7ClN10S/c11-5-3-6(17-9(12)16-5)20(1-14-3)21-2-15-4-7(21)18-10(13)19-8(4)22/h1-2H,(H2,12,16,17)(H3,13,18,19,22). The summed E-state index contributed by atoms with van der Waals surface area (Å²) in [5.41, 5.74) is 13.1. The van der Waals surface area contributed by atoms with Gasteiger partial charge in [-0.2, -0.15) is 15.0 Å². The summed E-state index contributed by atoms with van der Waals surface area (Å²) in [5, 5.41) is 0.535. The van der Waals surface area contributed by atoms with Crippen LogP contribution in [0.2, 0.25) is 5.15 Å².